The minimum Gasteiger partial charge on any atom is -0.324 e. The molecule has 9 heteroatoms. The standard InChI is InChI=1S/C17H9Cl3N4O2/c18-10-3-12-16(14(20)4-10)22-8-24(17(12)26)7-15(25)23-11-2-1-9(6-21)13(19)5-11/h1-5,8H,7H2,(H,23,25). The normalized spacial score (nSPS) is 10.5. The summed E-state index contributed by atoms with van der Waals surface area (Å²) in [5, 5.41) is 12.5. The fourth-order valence-corrected chi connectivity index (χ4v) is 3.11. The van der Waals surface area contributed by atoms with E-state index in [0.29, 0.717) is 21.8 Å². The molecule has 6 nitrogen and oxygen atoms in total. The van der Waals surface area contributed by atoms with Crippen LogP contribution in [0.2, 0.25) is 15.1 Å². The number of carbonyl (C=O) groups excluding carboxylic acids is 1. The van der Waals surface area contributed by atoms with Gasteiger partial charge in [0.1, 0.15) is 12.6 Å². The molecule has 0 atom stereocenters. The number of anilines is 1. The van der Waals surface area contributed by atoms with Crippen LogP contribution in [0.3, 0.4) is 0 Å². The highest BCUT2D eigenvalue weighted by atomic mass is 35.5. The van der Waals surface area contributed by atoms with Gasteiger partial charge in [-0.2, -0.15) is 5.26 Å². The van der Waals surface area contributed by atoms with Gasteiger partial charge in [-0.25, -0.2) is 4.98 Å². The smallest absolute Gasteiger partial charge is 0.261 e. The van der Waals surface area contributed by atoms with Crippen LogP contribution in [0.4, 0.5) is 5.69 Å². The van der Waals surface area contributed by atoms with Crippen molar-refractivity contribution in [3.8, 4) is 6.07 Å². The zero-order valence-electron chi connectivity index (χ0n) is 13.0. The van der Waals surface area contributed by atoms with Gasteiger partial charge in [0, 0.05) is 10.7 Å². The van der Waals surface area contributed by atoms with Crippen LogP contribution in [0.5, 0.6) is 0 Å². The Morgan fingerprint density at radius 1 is 1.19 bits per heavy atom. The molecule has 0 radical (unpaired) electrons. The average Bonchev–Trinajstić information content (AvgIpc) is 2.58. The van der Waals surface area contributed by atoms with Crippen molar-refractivity contribution in [2.24, 2.45) is 0 Å². The monoisotopic (exact) mass is 406 g/mol. The molecule has 1 heterocycles. The van der Waals surface area contributed by atoms with Gasteiger partial charge in [-0.3, -0.25) is 14.2 Å². The Balaban J connectivity index is 1.86. The molecule has 0 saturated carbocycles. The number of hydrogen-bond acceptors (Lipinski definition) is 4. The third-order valence-electron chi connectivity index (χ3n) is 3.53. The number of nitrogens with zero attached hydrogens (tertiary/aromatic N) is 3. The van der Waals surface area contributed by atoms with Crippen LogP contribution in [-0.2, 0) is 11.3 Å². The second-order valence-electron chi connectivity index (χ2n) is 5.32. The third-order valence-corrected chi connectivity index (χ3v) is 4.35. The minimum atomic E-state index is -0.456. The number of halogens is 3. The van der Waals surface area contributed by atoms with E-state index < -0.39 is 11.5 Å². The number of nitriles is 1. The molecule has 130 valence electrons. The quantitative estimate of drug-likeness (QED) is 0.714. The van der Waals surface area contributed by atoms with Crippen LogP contribution >= 0.6 is 34.8 Å². The lowest BCUT2D eigenvalue weighted by molar-refractivity contribution is -0.116. The number of hydrogen-bond donors (Lipinski definition) is 1. The van der Waals surface area contributed by atoms with E-state index in [-0.39, 0.29) is 22.0 Å². The first kappa shape index (κ1) is 18.2. The molecule has 0 aliphatic rings. The summed E-state index contributed by atoms with van der Waals surface area (Å²) < 4.78 is 1.15. The van der Waals surface area contributed by atoms with Crippen LogP contribution in [0.1, 0.15) is 5.56 Å². The zero-order valence-corrected chi connectivity index (χ0v) is 15.2. The summed E-state index contributed by atoms with van der Waals surface area (Å²) in [7, 11) is 0. The van der Waals surface area contributed by atoms with Gasteiger partial charge >= 0.3 is 0 Å². The van der Waals surface area contributed by atoms with Gasteiger partial charge in [0.05, 0.1) is 32.8 Å². The van der Waals surface area contributed by atoms with E-state index in [9.17, 15) is 9.59 Å². The van der Waals surface area contributed by atoms with E-state index in [0.717, 1.165) is 4.57 Å². The van der Waals surface area contributed by atoms with Gasteiger partial charge in [0.25, 0.3) is 5.56 Å². The van der Waals surface area contributed by atoms with E-state index in [1.165, 1.54) is 30.6 Å². The number of benzene rings is 2. The van der Waals surface area contributed by atoms with E-state index >= 15 is 0 Å². The summed E-state index contributed by atoms with van der Waals surface area (Å²) >= 11 is 17.9. The molecule has 1 aromatic heterocycles. The molecule has 1 amide bonds. The molecule has 0 unspecified atom stereocenters. The molecular weight excluding hydrogens is 399 g/mol. The average molecular weight is 408 g/mol. The summed E-state index contributed by atoms with van der Waals surface area (Å²) in [5.74, 6) is -0.456. The molecule has 0 bridgehead atoms. The van der Waals surface area contributed by atoms with E-state index in [2.05, 4.69) is 10.3 Å². The van der Waals surface area contributed by atoms with Crippen LogP contribution < -0.4 is 10.9 Å². The second-order valence-corrected chi connectivity index (χ2v) is 6.57. The first-order valence-corrected chi connectivity index (χ1v) is 8.36. The van der Waals surface area contributed by atoms with Crippen LogP contribution in [0.15, 0.2) is 41.5 Å². The van der Waals surface area contributed by atoms with Crippen molar-refractivity contribution < 1.29 is 4.79 Å². The molecule has 0 fully saturated rings. The fraction of sp³-hybridized carbons (Fsp3) is 0.0588. The van der Waals surface area contributed by atoms with Crippen molar-refractivity contribution in [3.63, 3.8) is 0 Å². The lowest BCUT2D eigenvalue weighted by atomic mass is 10.2. The fourth-order valence-electron chi connectivity index (χ4n) is 2.35. The topological polar surface area (TPSA) is 87.8 Å². The molecule has 3 aromatic rings. The summed E-state index contributed by atoms with van der Waals surface area (Å²) in [4.78, 5) is 28.9. The Bertz CT molecular complexity index is 1140. The van der Waals surface area contributed by atoms with Gasteiger partial charge in [0.15, 0.2) is 0 Å². The maximum absolute atomic E-state index is 12.5. The molecule has 2 aromatic carbocycles. The first-order chi connectivity index (χ1) is 12.4. The predicted molar refractivity (Wildman–Crippen MR) is 101 cm³/mol. The Morgan fingerprint density at radius 3 is 2.65 bits per heavy atom. The molecule has 0 spiro atoms. The summed E-state index contributed by atoms with van der Waals surface area (Å²) in [6, 6.07) is 9.36. The molecule has 26 heavy (non-hydrogen) atoms. The second kappa shape index (κ2) is 7.34. The molecular formula is C17H9Cl3N4O2. The number of carbonyl (C=O) groups is 1. The van der Waals surface area contributed by atoms with Crippen LogP contribution in [0.25, 0.3) is 10.9 Å². The van der Waals surface area contributed by atoms with Crippen LogP contribution in [0, 0.1) is 11.3 Å². The van der Waals surface area contributed by atoms with Gasteiger partial charge in [-0.1, -0.05) is 34.8 Å². The number of fused-ring (bicyclic) bond motifs is 1. The van der Waals surface area contributed by atoms with Gasteiger partial charge in [-0.15, -0.1) is 0 Å². The Morgan fingerprint density at radius 2 is 1.96 bits per heavy atom. The molecule has 1 N–H and O–H groups in total. The zero-order chi connectivity index (χ0) is 18.8. The van der Waals surface area contributed by atoms with Crippen molar-refractivity contribution in [3.05, 3.63) is 67.6 Å². The summed E-state index contributed by atoms with van der Waals surface area (Å²) in [6.45, 7) is -0.260. The maximum atomic E-state index is 12.5. The van der Waals surface area contributed by atoms with Crippen molar-refractivity contribution in [2.75, 3.05) is 5.32 Å². The number of amides is 1. The van der Waals surface area contributed by atoms with E-state index in [4.69, 9.17) is 40.1 Å². The van der Waals surface area contributed by atoms with E-state index in [1.807, 2.05) is 6.07 Å². The summed E-state index contributed by atoms with van der Waals surface area (Å²) in [6.07, 6.45) is 1.25. The van der Waals surface area contributed by atoms with Gasteiger partial charge < -0.3 is 5.32 Å². The number of nitrogens with one attached hydrogen (secondary N) is 1. The Labute approximate surface area is 162 Å². The first-order valence-electron chi connectivity index (χ1n) is 7.22. The number of rotatable bonds is 3. The highest BCUT2D eigenvalue weighted by Crippen LogP contribution is 2.24. The third kappa shape index (κ3) is 3.65. The Kier molecular flexibility index (Phi) is 5.14. The summed E-state index contributed by atoms with van der Waals surface area (Å²) in [5.41, 5.74) is 0.587. The highest BCUT2D eigenvalue weighted by Gasteiger charge is 2.12. The Hall–Kier alpha value is -2.59. The van der Waals surface area contributed by atoms with E-state index in [1.54, 1.807) is 6.07 Å². The largest absolute Gasteiger partial charge is 0.324 e. The molecule has 0 aliphatic heterocycles. The molecule has 3 rings (SSSR count). The molecule has 0 aliphatic carbocycles. The van der Waals surface area contributed by atoms with Crippen molar-refractivity contribution in [1.29, 1.82) is 5.26 Å². The maximum Gasteiger partial charge on any atom is 0.261 e. The number of aromatic nitrogens is 2. The van der Waals surface area contributed by atoms with Crippen LogP contribution in [-0.4, -0.2) is 15.5 Å². The van der Waals surface area contributed by atoms with Gasteiger partial charge in [0.2, 0.25) is 5.91 Å². The van der Waals surface area contributed by atoms with Crippen molar-refractivity contribution in [1.82, 2.24) is 9.55 Å². The van der Waals surface area contributed by atoms with Gasteiger partial charge in [-0.05, 0) is 30.3 Å². The SMILES string of the molecule is N#Cc1ccc(NC(=O)Cn2cnc3c(Cl)cc(Cl)cc3c2=O)cc1Cl. The minimum absolute atomic E-state index is 0.221. The molecule has 0 saturated heterocycles. The lowest BCUT2D eigenvalue weighted by Gasteiger charge is -2.09. The van der Waals surface area contributed by atoms with Crippen molar-refractivity contribution >= 4 is 57.3 Å². The predicted octanol–water partition coefficient (Wildman–Crippen LogP) is 3.87. The highest BCUT2D eigenvalue weighted by molar-refractivity contribution is 6.38. The van der Waals surface area contributed by atoms with Crippen molar-refractivity contribution in [2.45, 2.75) is 6.54 Å². The lowest BCUT2D eigenvalue weighted by Crippen LogP contribution is -2.28.